The Labute approximate surface area is 348 Å². The van der Waals surface area contributed by atoms with Gasteiger partial charge in [-0.05, 0) is 79.2 Å². The number of aromatic nitrogens is 4. The number of ether oxygens (including phenoxy) is 2. The number of methoxy groups -OCH3 is 1. The molecule has 3 atom stereocenters. The summed E-state index contributed by atoms with van der Waals surface area (Å²) in [6.45, 7) is 2.11. The van der Waals surface area contributed by atoms with Crippen molar-refractivity contribution in [3.8, 4) is 35.2 Å². The highest BCUT2D eigenvalue weighted by molar-refractivity contribution is 6.18. The molecule has 10 rings (SSSR count). The number of anilines is 1. The summed E-state index contributed by atoms with van der Waals surface area (Å²) in [5.41, 5.74) is -1.64. The van der Waals surface area contributed by atoms with Crippen LogP contribution in [0.15, 0.2) is 42.1 Å². The minimum atomic E-state index is -3.09. The van der Waals surface area contributed by atoms with E-state index >= 15 is 17.6 Å². The van der Waals surface area contributed by atoms with Crippen LogP contribution in [0, 0.1) is 35.3 Å². The van der Waals surface area contributed by atoms with Gasteiger partial charge in [0.25, 0.3) is 12.0 Å². The number of hydrogen-bond acceptors (Lipinski definition) is 9. The van der Waals surface area contributed by atoms with E-state index in [0.29, 0.717) is 33.9 Å². The summed E-state index contributed by atoms with van der Waals surface area (Å²) in [5, 5.41) is 17.1. The molecule has 61 heavy (non-hydrogen) atoms. The molecule has 3 aliphatic heterocycles. The van der Waals surface area contributed by atoms with Gasteiger partial charge in [-0.2, -0.15) is 23.8 Å². The first kappa shape index (κ1) is 40.0. The number of phenols is 1. The molecule has 5 aromatic rings. The van der Waals surface area contributed by atoms with Gasteiger partial charge in [0.2, 0.25) is 0 Å². The first-order chi connectivity index (χ1) is 29.3. The number of hydrogen-bond donors (Lipinski definition) is 1. The fourth-order valence-corrected chi connectivity index (χ4v) is 10.7. The van der Waals surface area contributed by atoms with Gasteiger partial charge in [0, 0.05) is 101 Å². The van der Waals surface area contributed by atoms with Crippen LogP contribution in [-0.4, -0.2) is 112 Å². The Bertz CT molecular complexity index is 2650. The second kappa shape index (κ2) is 14.8. The van der Waals surface area contributed by atoms with E-state index in [9.17, 15) is 13.9 Å². The maximum atomic E-state index is 17.9. The van der Waals surface area contributed by atoms with Crippen molar-refractivity contribution in [1.29, 1.82) is 0 Å². The first-order valence-electron chi connectivity index (χ1n) is 20.8. The normalized spacial score (nSPS) is 26.3. The Kier molecular flexibility index (Phi) is 9.68. The Hall–Kier alpha value is -5.11. The van der Waals surface area contributed by atoms with Crippen molar-refractivity contribution in [1.82, 2.24) is 29.5 Å². The van der Waals surface area contributed by atoms with Crippen molar-refractivity contribution in [2.45, 2.75) is 69.0 Å². The summed E-state index contributed by atoms with van der Waals surface area (Å²) < 4.78 is 104. The minimum absolute atomic E-state index is 0.00289. The number of aromatic hydroxyl groups is 1. The average Bonchev–Trinajstić information content (AvgIpc) is 3.39. The number of phenolic OH excluding ortho intramolecular Hbond substituents is 1. The molecule has 3 saturated heterocycles. The third kappa shape index (κ3) is 6.66. The molecule has 0 radical (unpaired) electrons. The highest BCUT2D eigenvalue weighted by atomic mass is 19.3. The number of aryl methyl sites for hydroxylation is 1. The molecule has 10 nitrogen and oxygen atoms in total. The molecule has 2 aromatic heterocycles. The standard InChI is InChI=1S/C45H45F6N7O3/c1-4-31-34(46)8-5-26-15-30(59)16-32(35(26)31)36-38(47)40-37(33-19-55(2)54-39(33)36)42(58-27-6-7-28(58)18-57(17-27)29-13-24(14-29)20-60-3)53-43(52-40)61-23-44(21-45(44,50)51)22-56-11-9-25(10-12-56)41(48)49/h1,5,8,15-16,19,24,27-29,59H,6-7,9-14,17-18,20-23H2,2-3H3/t24?,27?,28?,29?,44-/m1/s1. The van der Waals surface area contributed by atoms with Crippen LogP contribution in [0.5, 0.6) is 11.8 Å². The van der Waals surface area contributed by atoms with Crippen molar-refractivity contribution < 1.29 is 40.9 Å². The number of terminal acetylenes is 1. The highest BCUT2D eigenvalue weighted by Crippen LogP contribution is 2.61. The number of piperazine rings is 1. The number of halogens is 6. The zero-order valence-corrected chi connectivity index (χ0v) is 33.8. The van der Waals surface area contributed by atoms with E-state index < -0.39 is 42.1 Å². The lowest BCUT2D eigenvalue weighted by Crippen LogP contribution is -2.59. The van der Waals surface area contributed by atoms with E-state index in [4.69, 9.17) is 26.0 Å². The third-order valence-electron chi connectivity index (χ3n) is 13.9. The van der Waals surface area contributed by atoms with Crippen LogP contribution in [-0.2, 0) is 11.8 Å². The first-order valence-corrected chi connectivity index (χ1v) is 20.8. The Morgan fingerprint density at radius 2 is 1.72 bits per heavy atom. The number of rotatable bonds is 10. The molecular formula is C45H45F6N7O3. The molecule has 2 saturated carbocycles. The van der Waals surface area contributed by atoms with Gasteiger partial charge in [0.05, 0.1) is 16.4 Å². The van der Waals surface area contributed by atoms with Crippen LogP contribution in [0.2, 0.25) is 0 Å². The van der Waals surface area contributed by atoms with Gasteiger partial charge >= 0.3 is 6.01 Å². The summed E-state index contributed by atoms with van der Waals surface area (Å²) in [6, 6.07) is 5.52. The predicted molar refractivity (Wildman–Crippen MR) is 218 cm³/mol. The molecule has 5 fully saturated rings. The maximum absolute atomic E-state index is 17.9. The minimum Gasteiger partial charge on any atom is -0.508 e. The molecule has 3 aromatic carbocycles. The van der Waals surface area contributed by atoms with Crippen molar-refractivity contribution in [2.24, 2.45) is 18.4 Å². The third-order valence-corrected chi connectivity index (χ3v) is 13.9. The van der Waals surface area contributed by atoms with Gasteiger partial charge in [0.15, 0.2) is 5.82 Å². The Balaban J connectivity index is 1.10. The molecule has 16 heteroatoms. The number of nitrogens with zero attached hydrogens (tertiary/aromatic N) is 7. The topological polar surface area (TPSA) is 92.0 Å². The predicted octanol–water partition coefficient (Wildman–Crippen LogP) is 8.03. The molecule has 2 bridgehead atoms. The quantitative estimate of drug-likeness (QED) is 0.111. The van der Waals surface area contributed by atoms with Crippen molar-refractivity contribution in [2.75, 3.05) is 57.9 Å². The lowest BCUT2D eigenvalue weighted by atomic mass is 9.79. The lowest BCUT2D eigenvalue weighted by molar-refractivity contribution is 0.0194. The number of piperidine rings is 1. The molecule has 320 valence electrons. The van der Waals surface area contributed by atoms with Crippen LogP contribution in [0.1, 0.15) is 50.5 Å². The molecule has 2 aliphatic carbocycles. The van der Waals surface area contributed by atoms with Crippen molar-refractivity contribution >= 4 is 38.4 Å². The molecule has 2 unspecified atom stereocenters. The summed E-state index contributed by atoms with van der Waals surface area (Å²) in [5.74, 6) is -1.54. The molecule has 5 aliphatic rings. The Morgan fingerprint density at radius 1 is 1.00 bits per heavy atom. The van der Waals surface area contributed by atoms with Gasteiger partial charge in [-0.1, -0.05) is 12.0 Å². The molecule has 0 spiro atoms. The van der Waals surface area contributed by atoms with E-state index in [1.165, 1.54) is 28.9 Å². The van der Waals surface area contributed by atoms with Crippen LogP contribution < -0.4 is 9.64 Å². The maximum Gasteiger partial charge on any atom is 0.319 e. The van der Waals surface area contributed by atoms with Crippen molar-refractivity contribution in [3.63, 3.8) is 0 Å². The number of alkyl halides is 2. The van der Waals surface area contributed by atoms with E-state index in [2.05, 4.69) is 20.7 Å². The molecule has 1 N–H and O–H groups in total. The zero-order valence-electron chi connectivity index (χ0n) is 33.8. The molecule has 5 heterocycles. The van der Waals surface area contributed by atoms with Gasteiger partial charge in [0.1, 0.15) is 35.0 Å². The highest BCUT2D eigenvalue weighted by Gasteiger charge is 2.72. The van der Waals surface area contributed by atoms with Crippen LogP contribution in [0.3, 0.4) is 0 Å². The Morgan fingerprint density at radius 3 is 2.38 bits per heavy atom. The van der Waals surface area contributed by atoms with Gasteiger partial charge < -0.3 is 24.4 Å². The average molecular weight is 846 g/mol. The lowest BCUT2D eigenvalue weighted by Gasteiger charge is -2.49. The van der Waals surface area contributed by atoms with E-state index in [-0.39, 0.29) is 95.0 Å². The molecular weight excluding hydrogens is 801 g/mol. The van der Waals surface area contributed by atoms with Gasteiger partial charge in [-0.15, -0.1) is 6.42 Å². The number of fused-ring (bicyclic) bond motifs is 6. The van der Waals surface area contributed by atoms with E-state index in [0.717, 1.165) is 45.4 Å². The van der Waals surface area contributed by atoms with E-state index in [1.54, 1.807) is 25.3 Å². The summed E-state index contributed by atoms with van der Waals surface area (Å²) in [7, 11) is 3.41. The number of likely N-dealkylation sites (tertiary alicyclic amines) is 2. The summed E-state index contributed by atoms with van der Waals surface area (Å²) in [4.78, 5) is 16.1. The SMILES string of the molecule is C#Cc1c(F)ccc2cc(O)cc(-c3c(F)c4nc(OC[C@]5(CN6CCC(=C(F)F)CC6)CC5(F)F)nc(N5C6CCC5CN(C5CC(COC)C5)C6)c4c4cn(C)nc34)c12. The summed E-state index contributed by atoms with van der Waals surface area (Å²) in [6.07, 6.45) is 9.39. The van der Waals surface area contributed by atoms with Crippen molar-refractivity contribution in [3.05, 3.63) is 59.3 Å². The fourth-order valence-electron chi connectivity index (χ4n) is 10.7. The second-order valence-electron chi connectivity index (χ2n) is 17.7. The summed E-state index contributed by atoms with van der Waals surface area (Å²) >= 11 is 0. The van der Waals surface area contributed by atoms with Gasteiger partial charge in [-0.25, -0.2) is 17.6 Å². The van der Waals surface area contributed by atoms with Crippen LogP contribution in [0.25, 0.3) is 43.7 Å². The fraction of sp³-hybridized carbons (Fsp3) is 0.489. The second-order valence-corrected chi connectivity index (χ2v) is 17.7. The largest absolute Gasteiger partial charge is 0.508 e. The smallest absolute Gasteiger partial charge is 0.319 e. The zero-order chi connectivity index (χ0) is 42.5. The molecule has 0 amide bonds. The number of benzene rings is 3. The van der Waals surface area contributed by atoms with Gasteiger partial charge in [-0.3, -0.25) is 9.58 Å². The van der Waals surface area contributed by atoms with Crippen LogP contribution >= 0.6 is 0 Å². The monoisotopic (exact) mass is 845 g/mol. The van der Waals surface area contributed by atoms with E-state index in [1.807, 2.05) is 0 Å². The van der Waals surface area contributed by atoms with Crippen LogP contribution in [0.4, 0.5) is 32.2 Å².